The summed E-state index contributed by atoms with van der Waals surface area (Å²) in [5.74, 6) is -2.29. The number of nitrogens with zero attached hydrogens (tertiary/aromatic N) is 2. The number of sulfone groups is 1. The first-order valence-electron chi connectivity index (χ1n) is 10.0. The highest BCUT2D eigenvalue weighted by Crippen LogP contribution is 2.40. The molecule has 0 aliphatic carbocycles. The van der Waals surface area contributed by atoms with Gasteiger partial charge in [-0.1, -0.05) is 0 Å². The monoisotopic (exact) mass is 526 g/mol. The molecule has 2 aromatic rings. The van der Waals surface area contributed by atoms with E-state index >= 15 is 0 Å². The van der Waals surface area contributed by atoms with Crippen molar-refractivity contribution >= 4 is 15.7 Å². The summed E-state index contributed by atoms with van der Waals surface area (Å²) >= 11 is 0. The van der Waals surface area contributed by atoms with Gasteiger partial charge in [-0.2, -0.15) is 26.3 Å². The Hall–Kier alpha value is -3.03. The van der Waals surface area contributed by atoms with Gasteiger partial charge in [-0.25, -0.2) is 8.42 Å². The van der Waals surface area contributed by atoms with Crippen molar-refractivity contribution in [3.8, 4) is 11.5 Å². The van der Waals surface area contributed by atoms with Crippen molar-refractivity contribution in [3.63, 3.8) is 0 Å². The van der Waals surface area contributed by atoms with Gasteiger partial charge >= 0.3 is 12.4 Å². The van der Waals surface area contributed by atoms with Gasteiger partial charge in [0.1, 0.15) is 16.2 Å². The zero-order valence-corrected chi connectivity index (χ0v) is 19.4. The molecule has 0 radical (unpaired) electrons. The number of benzene rings is 1. The van der Waals surface area contributed by atoms with Crippen LogP contribution in [0.15, 0.2) is 35.4 Å². The third kappa shape index (κ3) is 5.63. The number of ether oxygens (including phenoxy) is 2. The molecule has 1 aliphatic rings. The molecule has 1 saturated heterocycles. The fourth-order valence-corrected chi connectivity index (χ4v) is 4.24. The molecular weight excluding hydrogens is 506 g/mol. The number of aromatic nitrogens is 1. The highest BCUT2D eigenvalue weighted by atomic mass is 32.2. The number of halogens is 6. The minimum absolute atomic E-state index is 0.0162. The van der Waals surface area contributed by atoms with E-state index in [2.05, 4.69) is 4.98 Å². The minimum Gasteiger partial charge on any atom is -0.494 e. The van der Waals surface area contributed by atoms with E-state index in [0.29, 0.717) is 11.9 Å². The third-order valence-electron chi connectivity index (χ3n) is 5.37. The molecule has 7 nitrogen and oxygen atoms in total. The van der Waals surface area contributed by atoms with Gasteiger partial charge in [0, 0.05) is 37.2 Å². The van der Waals surface area contributed by atoms with Crippen molar-refractivity contribution in [2.24, 2.45) is 0 Å². The summed E-state index contributed by atoms with van der Waals surface area (Å²) in [6.45, 7) is 0.691. The minimum atomic E-state index is -4.76. The fraction of sp³-hybridized carbons (Fsp3) is 0.429. The average Bonchev–Trinajstić information content (AvgIpc) is 2.70. The molecule has 14 heteroatoms. The molecule has 1 amide bonds. The van der Waals surface area contributed by atoms with E-state index in [4.69, 9.17) is 9.47 Å². The zero-order chi connectivity index (χ0) is 26.3. The lowest BCUT2D eigenvalue weighted by atomic mass is 9.94. The quantitative estimate of drug-likeness (QED) is 0.528. The van der Waals surface area contributed by atoms with Crippen LogP contribution >= 0.6 is 0 Å². The van der Waals surface area contributed by atoms with Gasteiger partial charge in [-0.3, -0.25) is 9.78 Å². The van der Waals surface area contributed by atoms with Gasteiger partial charge in [0.25, 0.3) is 5.91 Å². The standard InChI is InChI=1S/C21H20F6N2O5S/c1-11(20(22,23)24)34-15-6-7-16(35(3,31)32)18(33-2)17(15)19(30)29-9-12(10-29)14-5-4-13(8-28-14)21(25,26)27/h4-8,11-12H,9-10H2,1-3H3/t11-/m1/s1. The van der Waals surface area contributed by atoms with Crippen LogP contribution in [0.4, 0.5) is 26.3 Å². The Morgan fingerprint density at radius 3 is 2.20 bits per heavy atom. The maximum atomic E-state index is 13.2. The van der Waals surface area contributed by atoms with Crippen LogP contribution in [0, 0.1) is 0 Å². The first-order chi connectivity index (χ1) is 16.0. The van der Waals surface area contributed by atoms with E-state index in [-0.39, 0.29) is 13.1 Å². The lowest BCUT2D eigenvalue weighted by molar-refractivity contribution is -0.189. The molecular formula is C21H20F6N2O5S. The van der Waals surface area contributed by atoms with Gasteiger partial charge in [0.2, 0.25) is 0 Å². The van der Waals surface area contributed by atoms with Crippen molar-refractivity contribution in [1.82, 2.24) is 9.88 Å². The Morgan fingerprint density at radius 2 is 1.74 bits per heavy atom. The topological polar surface area (TPSA) is 85.8 Å². The molecule has 192 valence electrons. The normalized spacial score (nSPS) is 16.0. The second kappa shape index (κ2) is 9.21. The van der Waals surface area contributed by atoms with Crippen LogP contribution in [-0.4, -0.2) is 62.9 Å². The summed E-state index contributed by atoms with van der Waals surface area (Å²) in [7, 11) is -2.88. The van der Waals surface area contributed by atoms with E-state index in [1.165, 1.54) is 11.0 Å². The van der Waals surface area contributed by atoms with Crippen LogP contribution in [-0.2, 0) is 16.0 Å². The van der Waals surface area contributed by atoms with E-state index in [9.17, 15) is 39.6 Å². The van der Waals surface area contributed by atoms with Gasteiger partial charge in [-0.05, 0) is 31.2 Å². The number of pyridine rings is 1. The Morgan fingerprint density at radius 1 is 1.11 bits per heavy atom. The zero-order valence-electron chi connectivity index (χ0n) is 18.6. The van der Waals surface area contributed by atoms with Crippen molar-refractivity contribution in [1.29, 1.82) is 0 Å². The van der Waals surface area contributed by atoms with E-state index in [0.717, 1.165) is 38.5 Å². The number of alkyl halides is 6. The largest absolute Gasteiger partial charge is 0.494 e. The molecule has 1 aliphatic heterocycles. The van der Waals surface area contributed by atoms with Crippen LogP contribution in [0.2, 0.25) is 0 Å². The molecule has 0 unspecified atom stereocenters. The van der Waals surface area contributed by atoms with E-state index in [1.807, 2.05) is 0 Å². The van der Waals surface area contributed by atoms with Crippen LogP contribution in [0.25, 0.3) is 0 Å². The third-order valence-corrected chi connectivity index (χ3v) is 6.49. The molecule has 0 spiro atoms. The molecule has 0 bridgehead atoms. The van der Waals surface area contributed by atoms with Crippen LogP contribution in [0.5, 0.6) is 11.5 Å². The Bertz CT molecular complexity index is 1210. The molecule has 1 aromatic carbocycles. The number of hydrogen-bond acceptors (Lipinski definition) is 6. The number of hydrogen-bond donors (Lipinski definition) is 0. The lowest BCUT2D eigenvalue weighted by Crippen LogP contribution is -2.49. The first-order valence-corrected chi connectivity index (χ1v) is 11.9. The Balaban J connectivity index is 1.92. The predicted molar refractivity (Wildman–Crippen MR) is 110 cm³/mol. The summed E-state index contributed by atoms with van der Waals surface area (Å²) in [6.07, 6.45) is -10.1. The highest BCUT2D eigenvalue weighted by Gasteiger charge is 2.41. The van der Waals surface area contributed by atoms with Gasteiger partial charge in [-0.15, -0.1) is 0 Å². The summed E-state index contributed by atoms with van der Waals surface area (Å²) in [5, 5.41) is 0. The molecule has 1 fully saturated rings. The van der Waals surface area contributed by atoms with E-state index < -0.39 is 67.6 Å². The van der Waals surface area contributed by atoms with Gasteiger partial charge in [0.15, 0.2) is 21.7 Å². The van der Waals surface area contributed by atoms with Gasteiger partial charge in [0.05, 0.1) is 12.7 Å². The molecule has 2 heterocycles. The number of methoxy groups -OCH3 is 1. The molecule has 3 rings (SSSR count). The Labute approximate surface area is 196 Å². The van der Waals surface area contributed by atoms with Crippen molar-refractivity contribution < 1.29 is 49.0 Å². The van der Waals surface area contributed by atoms with Crippen LogP contribution in [0.1, 0.15) is 34.5 Å². The Kier molecular flexibility index (Phi) is 6.99. The van der Waals surface area contributed by atoms with Gasteiger partial charge < -0.3 is 14.4 Å². The van der Waals surface area contributed by atoms with E-state index in [1.54, 1.807) is 0 Å². The number of carbonyl (C=O) groups is 1. The first kappa shape index (κ1) is 26.6. The maximum Gasteiger partial charge on any atom is 0.425 e. The smallest absolute Gasteiger partial charge is 0.425 e. The number of amides is 1. The summed E-state index contributed by atoms with van der Waals surface area (Å²) in [4.78, 5) is 17.8. The summed E-state index contributed by atoms with van der Waals surface area (Å²) < 4.78 is 112. The SMILES string of the molecule is COc1c(S(C)(=O)=O)ccc(O[C@H](C)C(F)(F)F)c1C(=O)N1CC(c2ccc(C(F)(F)F)cn2)C1. The van der Waals surface area contributed by atoms with Crippen molar-refractivity contribution in [3.05, 3.63) is 47.3 Å². The number of carbonyl (C=O) groups excluding carboxylic acids is 1. The molecule has 35 heavy (non-hydrogen) atoms. The summed E-state index contributed by atoms with van der Waals surface area (Å²) in [5.41, 5.74) is -1.15. The molecule has 0 N–H and O–H groups in total. The maximum absolute atomic E-state index is 13.2. The number of likely N-dealkylation sites (tertiary alicyclic amines) is 1. The second-order valence-corrected chi connectivity index (χ2v) is 9.90. The molecule has 1 aromatic heterocycles. The van der Waals surface area contributed by atoms with Crippen molar-refractivity contribution in [2.45, 2.75) is 36.2 Å². The predicted octanol–water partition coefficient (Wildman–Crippen LogP) is 4.08. The highest BCUT2D eigenvalue weighted by molar-refractivity contribution is 7.90. The van der Waals surface area contributed by atoms with Crippen LogP contribution in [0.3, 0.4) is 0 Å². The fourth-order valence-electron chi connectivity index (χ4n) is 3.40. The molecule has 1 atom stereocenters. The average molecular weight is 526 g/mol. The summed E-state index contributed by atoms with van der Waals surface area (Å²) in [6, 6.07) is 3.97. The van der Waals surface area contributed by atoms with Crippen LogP contribution < -0.4 is 9.47 Å². The number of rotatable bonds is 6. The van der Waals surface area contributed by atoms with Crippen molar-refractivity contribution in [2.75, 3.05) is 26.5 Å². The lowest BCUT2D eigenvalue weighted by Gasteiger charge is -2.39. The second-order valence-electron chi connectivity index (χ2n) is 7.92. The molecule has 0 saturated carbocycles.